The number of halogens is 1. The van der Waals surface area contributed by atoms with E-state index >= 15 is 0 Å². The van der Waals surface area contributed by atoms with Crippen LogP contribution in [0.2, 0.25) is 5.02 Å². The average molecular weight is 336 g/mol. The standard InChI is InChI=1S/C15H18ClN5O2/c1-18-11-17-14(21(22)23)15(18)20-8-4-7-19(9-10-20)13-6-3-2-5-12(13)16/h2-3,5-6,11H,4,7-10H2,1H3. The third-order valence-electron chi connectivity index (χ3n) is 4.05. The number of aromatic nitrogens is 2. The fraction of sp³-hybridized carbons (Fsp3) is 0.400. The van der Waals surface area contributed by atoms with Crippen LogP contribution in [-0.4, -0.2) is 40.7 Å². The zero-order valence-electron chi connectivity index (χ0n) is 12.9. The van der Waals surface area contributed by atoms with E-state index in [-0.39, 0.29) is 5.82 Å². The first-order chi connectivity index (χ1) is 11.1. The van der Waals surface area contributed by atoms with Crippen LogP contribution in [0, 0.1) is 10.1 Å². The van der Waals surface area contributed by atoms with Crippen molar-refractivity contribution in [2.75, 3.05) is 36.0 Å². The molecule has 0 amide bonds. The molecule has 2 aromatic rings. The molecule has 8 heteroatoms. The van der Waals surface area contributed by atoms with Gasteiger partial charge < -0.3 is 19.9 Å². The van der Waals surface area contributed by atoms with Gasteiger partial charge in [0.25, 0.3) is 0 Å². The summed E-state index contributed by atoms with van der Waals surface area (Å²) in [6.45, 7) is 3.06. The Bertz CT molecular complexity index is 718. The lowest BCUT2D eigenvalue weighted by Crippen LogP contribution is -2.32. The van der Waals surface area contributed by atoms with Gasteiger partial charge in [-0.3, -0.25) is 4.57 Å². The monoisotopic (exact) mass is 335 g/mol. The zero-order valence-corrected chi connectivity index (χ0v) is 13.6. The molecular formula is C15H18ClN5O2. The second kappa shape index (κ2) is 6.45. The van der Waals surface area contributed by atoms with Crippen molar-refractivity contribution in [3.63, 3.8) is 0 Å². The Morgan fingerprint density at radius 3 is 2.61 bits per heavy atom. The number of imidazole rings is 1. The van der Waals surface area contributed by atoms with Crippen molar-refractivity contribution in [1.82, 2.24) is 9.55 Å². The van der Waals surface area contributed by atoms with Crippen LogP contribution in [0.1, 0.15) is 6.42 Å². The highest BCUT2D eigenvalue weighted by Gasteiger charge is 2.27. The fourth-order valence-corrected chi connectivity index (χ4v) is 3.24. The summed E-state index contributed by atoms with van der Waals surface area (Å²) in [5, 5.41) is 11.9. The van der Waals surface area contributed by atoms with Gasteiger partial charge in [-0.25, -0.2) is 0 Å². The molecule has 0 bridgehead atoms. The predicted molar refractivity (Wildman–Crippen MR) is 90.4 cm³/mol. The molecular weight excluding hydrogens is 318 g/mol. The van der Waals surface area contributed by atoms with Gasteiger partial charge in [-0.15, -0.1) is 0 Å². The molecule has 0 aliphatic carbocycles. The van der Waals surface area contributed by atoms with Gasteiger partial charge in [0, 0.05) is 33.2 Å². The van der Waals surface area contributed by atoms with Crippen LogP contribution < -0.4 is 9.80 Å². The van der Waals surface area contributed by atoms with Crippen molar-refractivity contribution in [3.8, 4) is 0 Å². The minimum atomic E-state index is -0.425. The molecule has 1 aromatic carbocycles. The summed E-state index contributed by atoms with van der Waals surface area (Å²) in [6.07, 6.45) is 2.39. The lowest BCUT2D eigenvalue weighted by molar-refractivity contribution is -0.388. The maximum Gasteiger partial charge on any atom is 0.406 e. The van der Waals surface area contributed by atoms with Crippen molar-refractivity contribution in [3.05, 3.63) is 45.7 Å². The topological polar surface area (TPSA) is 67.4 Å². The lowest BCUT2D eigenvalue weighted by atomic mass is 10.2. The number of nitro groups is 1. The Kier molecular flexibility index (Phi) is 4.38. The molecule has 1 aliphatic rings. The van der Waals surface area contributed by atoms with Gasteiger partial charge in [0.15, 0.2) is 0 Å². The van der Waals surface area contributed by atoms with Crippen LogP contribution in [0.25, 0.3) is 0 Å². The van der Waals surface area contributed by atoms with E-state index in [0.29, 0.717) is 12.4 Å². The highest BCUT2D eigenvalue weighted by atomic mass is 35.5. The summed E-state index contributed by atoms with van der Waals surface area (Å²) in [7, 11) is 1.78. The van der Waals surface area contributed by atoms with E-state index in [4.69, 9.17) is 11.6 Å². The highest BCUT2D eigenvalue weighted by Crippen LogP contribution is 2.29. The summed E-state index contributed by atoms with van der Waals surface area (Å²) in [6, 6.07) is 7.76. The number of rotatable bonds is 3. The largest absolute Gasteiger partial charge is 0.406 e. The molecule has 0 N–H and O–H groups in total. The maximum absolute atomic E-state index is 11.2. The van der Waals surface area contributed by atoms with Crippen molar-refractivity contribution < 1.29 is 4.92 Å². The van der Waals surface area contributed by atoms with Crippen molar-refractivity contribution in [1.29, 1.82) is 0 Å². The molecule has 1 aromatic heterocycles. The Labute approximate surface area is 139 Å². The zero-order chi connectivity index (χ0) is 16.4. The van der Waals surface area contributed by atoms with Crippen LogP contribution >= 0.6 is 11.6 Å². The Hall–Kier alpha value is -2.28. The summed E-state index contributed by atoms with van der Waals surface area (Å²) in [4.78, 5) is 18.9. The smallest absolute Gasteiger partial charge is 0.368 e. The van der Waals surface area contributed by atoms with Crippen molar-refractivity contribution >= 4 is 28.9 Å². The molecule has 0 atom stereocenters. The average Bonchev–Trinajstić information content (AvgIpc) is 2.76. The number of para-hydroxylation sites is 1. The Morgan fingerprint density at radius 2 is 1.87 bits per heavy atom. The predicted octanol–water partition coefficient (Wildman–Crippen LogP) is 2.70. The fourth-order valence-electron chi connectivity index (χ4n) is 2.98. The first-order valence-corrected chi connectivity index (χ1v) is 7.86. The van der Waals surface area contributed by atoms with E-state index in [1.54, 1.807) is 11.6 Å². The van der Waals surface area contributed by atoms with Gasteiger partial charge >= 0.3 is 5.82 Å². The van der Waals surface area contributed by atoms with E-state index < -0.39 is 4.92 Å². The van der Waals surface area contributed by atoms with Gasteiger partial charge in [-0.2, -0.15) is 0 Å². The summed E-state index contributed by atoms with van der Waals surface area (Å²) in [5.41, 5.74) is 1.01. The molecule has 0 saturated carbocycles. The van der Waals surface area contributed by atoms with E-state index in [1.807, 2.05) is 29.2 Å². The minimum Gasteiger partial charge on any atom is -0.368 e. The molecule has 122 valence electrons. The van der Waals surface area contributed by atoms with Crippen molar-refractivity contribution in [2.24, 2.45) is 7.05 Å². The van der Waals surface area contributed by atoms with E-state index in [2.05, 4.69) is 9.88 Å². The molecule has 1 saturated heterocycles. The highest BCUT2D eigenvalue weighted by molar-refractivity contribution is 6.33. The molecule has 23 heavy (non-hydrogen) atoms. The second-order valence-electron chi connectivity index (χ2n) is 5.54. The minimum absolute atomic E-state index is 0.0845. The van der Waals surface area contributed by atoms with Crippen LogP contribution in [0.15, 0.2) is 30.6 Å². The van der Waals surface area contributed by atoms with Crippen LogP contribution in [0.4, 0.5) is 17.3 Å². The lowest BCUT2D eigenvalue weighted by Gasteiger charge is -2.25. The van der Waals surface area contributed by atoms with Crippen LogP contribution in [0.3, 0.4) is 0 Å². The van der Waals surface area contributed by atoms with Crippen LogP contribution in [-0.2, 0) is 7.05 Å². The summed E-state index contributed by atoms with van der Waals surface area (Å²) < 4.78 is 1.71. The molecule has 0 spiro atoms. The number of hydrogen-bond acceptors (Lipinski definition) is 5. The van der Waals surface area contributed by atoms with Crippen molar-refractivity contribution in [2.45, 2.75) is 6.42 Å². The number of aryl methyl sites for hydroxylation is 1. The molecule has 0 radical (unpaired) electrons. The number of hydrogen-bond donors (Lipinski definition) is 0. The summed E-state index contributed by atoms with van der Waals surface area (Å²) >= 11 is 6.28. The third kappa shape index (κ3) is 3.10. The van der Waals surface area contributed by atoms with Gasteiger partial charge in [0.1, 0.15) is 0 Å². The maximum atomic E-state index is 11.2. The van der Waals surface area contributed by atoms with E-state index in [0.717, 1.165) is 36.8 Å². The van der Waals surface area contributed by atoms with Gasteiger partial charge in [-0.1, -0.05) is 23.7 Å². The van der Waals surface area contributed by atoms with Gasteiger partial charge in [0.05, 0.1) is 10.7 Å². The molecule has 1 fully saturated rings. The van der Waals surface area contributed by atoms with E-state index in [1.165, 1.54) is 6.33 Å². The Morgan fingerprint density at radius 1 is 1.17 bits per heavy atom. The molecule has 1 aliphatic heterocycles. The molecule has 3 rings (SSSR count). The molecule has 2 heterocycles. The number of benzene rings is 1. The summed E-state index contributed by atoms with van der Waals surface area (Å²) in [5.74, 6) is 0.481. The van der Waals surface area contributed by atoms with E-state index in [9.17, 15) is 10.1 Å². The SMILES string of the molecule is Cn1cnc([N+](=O)[O-])c1N1CCCN(c2ccccc2Cl)CC1. The third-order valence-corrected chi connectivity index (χ3v) is 4.37. The van der Waals surface area contributed by atoms with Gasteiger partial charge in [-0.05, 0) is 28.5 Å². The molecule has 7 nitrogen and oxygen atoms in total. The van der Waals surface area contributed by atoms with Crippen LogP contribution in [0.5, 0.6) is 0 Å². The van der Waals surface area contributed by atoms with Gasteiger partial charge in [0.2, 0.25) is 12.1 Å². The second-order valence-corrected chi connectivity index (χ2v) is 5.95. The molecule has 0 unspecified atom stereocenters. The normalized spacial score (nSPS) is 15.6. The Balaban J connectivity index is 1.81. The number of anilines is 2. The number of nitrogens with zero attached hydrogens (tertiary/aromatic N) is 5. The first-order valence-electron chi connectivity index (χ1n) is 7.48. The quantitative estimate of drug-likeness (QED) is 0.637. The first kappa shape index (κ1) is 15.6.